The van der Waals surface area contributed by atoms with Crippen molar-refractivity contribution >= 4 is 21.6 Å². The lowest BCUT2D eigenvalue weighted by atomic mass is 9.99. The molecule has 3 atom stereocenters. The smallest absolute Gasteiger partial charge is 0.416 e. The third-order valence-electron chi connectivity index (χ3n) is 7.28. The number of para-hydroxylation sites is 1. The van der Waals surface area contributed by atoms with E-state index in [1.54, 1.807) is 14.0 Å². The molecule has 13 heteroatoms. The van der Waals surface area contributed by atoms with Crippen LogP contribution in [0.3, 0.4) is 0 Å². The maximum absolute atomic E-state index is 13.7. The molecule has 1 aliphatic heterocycles. The summed E-state index contributed by atoms with van der Waals surface area (Å²) in [5.74, 6) is -1.37. The van der Waals surface area contributed by atoms with Crippen LogP contribution in [0.2, 0.25) is 0 Å². The molecule has 0 bridgehead atoms. The van der Waals surface area contributed by atoms with E-state index in [0.717, 1.165) is 36.4 Å². The lowest BCUT2D eigenvalue weighted by Crippen LogP contribution is -2.49. The molecule has 2 N–H and O–H groups in total. The highest BCUT2D eigenvalue weighted by molar-refractivity contribution is 7.92. The monoisotopic (exact) mass is 623 g/mol. The number of aliphatic hydroxyl groups excluding tert-OH is 1. The summed E-state index contributed by atoms with van der Waals surface area (Å²) in [6.45, 7) is 4.05. The van der Waals surface area contributed by atoms with Gasteiger partial charge in [0, 0.05) is 25.6 Å². The Bertz CT molecular complexity index is 1530. The predicted molar refractivity (Wildman–Crippen MR) is 153 cm³/mol. The lowest BCUT2D eigenvalue weighted by Gasteiger charge is -2.38. The van der Waals surface area contributed by atoms with Gasteiger partial charge in [-0.25, -0.2) is 12.8 Å². The largest absolute Gasteiger partial charge is 0.486 e. The van der Waals surface area contributed by atoms with E-state index in [4.69, 9.17) is 4.74 Å². The highest BCUT2D eigenvalue weighted by Gasteiger charge is 2.35. The van der Waals surface area contributed by atoms with Crippen molar-refractivity contribution in [1.29, 1.82) is 0 Å². The van der Waals surface area contributed by atoms with Crippen molar-refractivity contribution < 1.29 is 40.6 Å². The normalized spacial score (nSPS) is 18.4. The van der Waals surface area contributed by atoms with Crippen LogP contribution in [0, 0.1) is 11.7 Å². The fourth-order valence-corrected chi connectivity index (χ4v) is 5.90. The number of sulfonamides is 1. The number of hydrogen-bond acceptors (Lipinski definition) is 6. The van der Waals surface area contributed by atoms with Crippen LogP contribution in [-0.4, -0.2) is 68.1 Å². The van der Waals surface area contributed by atoms with Crippen LogP contribution in [0.15, 0.2) is 71.6 Å². The zero-order valence-electron chi connectivity index (χ0n) is 23.8. The zero-order valence-corrected chi connectivity index (χ0v) is 24.6. The van der Waals surface area contributed by atoms with Crippen molar-refractivity contribution in [1.82, 2.24) is 9.80 Å². The Morgan fingerprint density at radius 1 is 1.09 bits per heavy atom. The molecule has 3 aromatic rings. The lowest BCUT2D eigenvalue weighted by molar-refractivity contribution is -0.137. The van der Waals surface area contributed by atoms with E-state index < -0.39 is 45.6 Å². The number of aliphatic hydroxyl groups is 1. The molecule has 1 amide bonds. The summed E-state index contributed by atoms with van der Waals surface area (Å²) in [6.07, 6.45) is -5.04. The van der Waals surface area contributed by atoms with Gasteiger partial charge in [-0.3, -0.25) is 14.4 Å². The van der Waals surface area contributed by atoms with E-state index in [-0.39, 0.29) is 47.5 Å². The van der Waals surface area contributed by atoms with E-state index >= 15 is 0 Å². The van der Waals surface area contributed by atoms with Crippen LogP contribution in [0.1, 0.15) is 35.3 Å². The van der Waals surface area contributed by atoms with Crippen molar-refractivity contribution in [3.8, 4) is 5.75 Å². The molecular formula is C30H33F4N3O5S. The number of hydrogen-bond donors (Lipinski definition) is 2. The van der Waals surface area contributed by atoms with Crippen molar-refractivity contribution in [2.75, 3.05) is 31.5 Å². The number of likely N-dealkylation sites (N-methyl/N-ethyl adjacent to an activating group) is 1. The first-order valence-electron chi connectivity index (χ1n) is 13.5. The molecule has 0 aromatic heterocycles. The maximum atomic E-state index is 13.7. The average molecular weight is 624 g/mol. The second-order valence-electron chi connectivity index (χ2n) is 10.8. The van der Waals surface area contributed by atoms with E-state index in [9.17, 15) is 35.9 Å². The number of carbonyl (C=O) groups excluding carboxylic acids is 1. The molecular weight excluding hydrogens is 590 g/mol. The minimum atomic E-state index is -4.44. The average Bonchev–Trinajstić information content (AvgIpc) is 2.94. The van der Waals surface area contributed by atoms with Gasteiger partial charge in [-0.2, -0.15) is 13.2 Å². The van der Waals surface area contributed by atoms with Gasteiger partial charge in [0.1, 0.15) is 11.9 Å². The number of rotatable bonds is 9. The Labute approximate surface area is 247 Å². The van der Waals surface area contributed by atoms with Crippen molar-refractivity contribution in [3.63, 3.8) is 0 Å². The van der Waals surface area contributed by atoms with Gasteiger partial charge in [0.05, 0.1) is 34.4 Å². The highest BCUT2D eigenvalue weighted by Crippen LogP contribution is 2.36. The zero-order chi connectivity index (χ0) is 31.5. The van der Waals surface area contributed by atoms with Gasteiger partial charge in [-0.1, -0.05) is 25.1 Å². The van der Waals surface area contributed by atoms with Crippen LogP contribution in [-0.2, 0) is 22.7 Å². The molecule has 0 fully saturated rings. The van der Waals surface area contributed by atoms with E-state index in [0.29, 0.717) is 12.1 Å². The minimum Gasteiger partial charge on any atom is -0.486 e. The molecule has 3 aromatic carbocycles. The first-order chi connectivity index (χ1) is 20.2. The van der Waals surface area contributed by atoms with Crippen LogP contribution >= 0.6 is 0 Å². The Hall–Kier alpha value is -3.68. The number of benzene rings is 3. The van der Waals surface area contributed by atoms with E-state index in [1.807, 2.05) is 11.8 Å². The SMILES string of the molecule is C[C@H](CO)N1C[C@H](C)[C@@H](CN(C)Cc2ccc(C(F)(F)F)cc2)Oc2c(NS(=O)(=O)c3ccc(F)cc3)cccc2C1=O. The molecule has 1 aliphatic rings. The molecule has 0 unspecified atom stereocenters. The summed E-state index contributed by atoms with van der Waals surface area (Å²) in [6, 6.07) is 13.0. The molecule has 4 rings (SSSR count). The molecule has 43 heavy (non-hydrogen) atoms. The summed E-state index contributed by atoms with van der Waals surface area (Å²) < 4.78 is 87.6. The molecule has 0 saturated carbocycles. The molecule has 8 nitrogen and oxygen atoms in total. The molecule has 0 saturated heterocycles. The number of halogens is 4. The highest BCUT2D eigenvalue weighted by atomic mass is 32.2. The number of anilines is 1. The quantitative estimate of drug-likeness (QED) is 0.326. The summed E-state index contributed by atoms with van der Waals surface area (Å²) >= 11 is 0. The van der Waals surface area contributed by atoms with Crippen LogP contribution in [0.25, 0.3) is 0 Å². The van der Waals surface area contributed by atoms with Gasteiger partial charge >= 0.3 is 6.18 Å². The van der Waals surface area contributed by atoms with Crippen molar-refractivity contribution in [2.45, 2.75) is 43.6 Å². The predicted octanol–water partition coefficient (Wildman–Crippen LogP) is 5.00. The fourth-order valence-electron chi connectivity index (χ4n) is 4.84. The summed E-state index contributed by atoms with van der Waals surface area (Å²) in [7, 11) is -2.42. The minimum absolute atomic E-state index is 0.00345. The molecule has 1 heterocycles. The number of carbonyl (C=O) groups is 1. The Morgan fingerprint density at radius 2 is 1.74 bits per heavy atom. The third kappa shape index (κ3) is 7.64. The summed E-state index contributed by atoms with van der Waals surface area (Å²) in [4.78, 5) is 16.8. The van der Waals surface area contributed by atoms with Gasteiger partial charge in [0.2, 0.25) is 0 Å². The topological polar surface area (TPSA) is 99.2 Å². The van der Waals surface area contributed by atoms with Crippen molar-refractivity contribution in [3.05, 3.63) is 89.2 Å². The first-order valence-corrected chi connectivity index (χ1v) is 15.0. The molecule has 232 valence electrons. The first kappa shape index (κ1) is 32.2. The van der Waals surface area contributed by atoms with Gasteiger partial charge < -0.3 is 14.7 Å². The van der Waals surface area contributed by atoms with Crippen LogP contribution < -0.4 is 9.46 Å². The third-order valence-corrected chi connectivity index (χ3v) is 8.67. The van der Waals surface area contributed by atoms with Gasteiger partial charge in [0.15, 0.2) is 5.75 Å². The van der Waals surface area contributed by atoms with Crippen molar-refractivity contribution in [2.24, 2.45) is 5.92 Å². The maximum Gasteiger partial charge on any atom is 0.416 e. The fraction of sp³-hybridized carbons (Fsp3) is 0.367. The second kappa shape index (κ2) is 12.9. The number of alkyl halides is 3. The second-order valence-corrected chi connectivity index (χ2v) is 12.4. The van der Waals surface area contributed by atoms with Gasteiger partial charge in [-0.15, -0.1) is 0 Å². The van der Waals surface area contributed by atoms with Crippen LogP contribution in [0.5, 0.6) is 5.75 Å². The number of fused-ring (bicyclic) bond motifs is 1. The van der Waals surface area contributed by atoms with E-state index in [1.165, 1.54) is 35.2 Å². The van der Waals surface area contributed by atoms with Gasteiger partial charge in [0.25, 0.3) is 15.9 Å². The van der Waals surface area contributed by atoms with Crippen LogP contribution in [0.4, 0.5) is 23.2 Å². The number of nitrogens with zero attached hydrogens (tertiary/aromatic N) is 2. The molecule has 0 aliphatic carbocycles. The number of amides is 1. The van der Waals surface area contributed by atoms with E-state index in [2.05, 4.69) is 4.72 Å². The molecule has 0 radical (unpaired) electrons. The Kier molecular flexibility index (Phi) is 9.67. The van der Waals surface area contributed by atoms with Gasteiger partial charge in [-0.05, 0) is 68.1 Å². The Balaban J connectivity index is 1.66. The summed E-state index contributed by atoms with van der Waals surface area (Å²) in [5.41, 5.74) is -0.0168. The number of nitrogens with one attached hydrogen (secondary N) is 1. The standard InChI is InChI=1S/C30H33F4N3O5S/c1-19-15-37(20(2)18-38)29(39)25-5-4-6-26(35-43(40,41)24-13-11-23(31)12-14-24)28(25)42-27(19)17-36(3)16-21-7-9-22(10-8-21)30(32,33)34/h4-14,19-20,27,35,38H,15-18H2,1-3H3/t19-,20+,27+/m0/s1. The number of ether oxygens (including phenoxy) is 1. The Morgan fingerprint density at radius 3 is 2.35 bits per heavy atom. The summed E-state index contributed by atoms with van der Waals surface area (Å²) in [5, 5.41) is 9.88. The molecule has 0 spiro atoms.